The van der Waals surface area contributed by atoms with Crippen LogP contribution in [0.1, 0.15) is 34.5 Å². The first-order valence-corrected chi connectivity index (χ1v) is 10.7. The molecule has 0 atom stereocenters. The number of rotatable bonds is 6. The molecule has 1 aliphatic rings. The summed E-state index contributed by atoms with van der Waals surface area (Å²) in [6.07, 6.45) is 4.65. The molecule has 32 heavy (non-hydrogen) atoms. The smallest absolute Gasteiger partial charge is 0.274 e. The number of pyridine rings is 1. The maximum absolute atomic E-state index is 12.9. The van der Waals surface area contributed by atoms with E-state index < -0.39 is 0 Å². The number of likely N-dealkylation sites (tertiary alicyclic amines) is 1. The Morgan fingerprint density at radius 1 is 1.16 bits per heavy atom. The van der Waals surface area contributed by atoms with Gasteiger partial charge < -0.3 is 15.0 Å². The summed E-state index contributed by atoms with van der Waals surface area (Å²) in [5.41, 5.74) is 4.15. The Morgan fingerprint density at radius 2 is 1.91 bits per heavy atom. The third-order valence-corrected chi connectivity index (χ3v) is 5.83. The highest BCUT2D eigenvalue weighted by Crippen LogP contribution is 2.23. The number of nitrogens with one attached hydrogen (secondary N) is 2. The van der Waals surface area contributed by atoms with Crippen LogP contribution in [0.3, 0.4) is 0 Å². The zero-order valence-electron chi connectivity index (χ0n) is 18.3. The van der Waals surface area contributed by atoms with Gasteiger partial charge in [-0.25, -0.2) is 0 Å². The minimum absolute atomic E-state index is 0.0143. The summed E-state index contributed by atoms with van der Waals surface area (Å²) in [6.45, 7) is 3.50. The molecule has 166 valence electrons. The molecule has 0 aliphatic carbocycles. The van der Waals surface area contributed by atoms with E-state index in [2.05, 4.69) is 20.5 Å². The minimum atomic E-state index is -0.120. The van der Waals surface area contributed by atoms with Gasteiger partial charge in [-0.15, -0.1) is 0 Å². The van der Waals surface area contributed by atoms with E-state index in [1.807, 2.05) is 37.3 Å². The molecule has 3 aromatic rings. The number of nitrogens with zero attached hydrogens (tertiary/aromatic N) is 3. The number of carbonyl (C=O) groups is 2. The van der Waals surface area contributed by atoms with Gasteiger partial charge in [0, 0.05) is 49.1 Å². The van der Waals surface area contributed by atoms with Crippen LogP contribution in [0.5, 0.6) is 5.75 Å². The Hall–Kier alpha value is -3.68. The van der Waals surface area contributed by atoms with Gasteiger partial charge in [0.15, 0.2) is 5.69 Å². The Morgan fingerprint density at radius 3 is 2.62 bits per heavy atom. The number of aromatic nitrogens is 3. The lowest BCUT2D eigenvalue weighted by Crippen LogP contribution is -2.43. The van der Waals surface area contributed by atoms with E-state index in [9.17, 15) is 9.59 Å². The van der Waals surface area contributed by atoms with Crippen molar-refractivity contribution in [3.05, 3.63) is 65.6 Å². The molecule has 0 spiro atoms. The van der Waals surface area contributed by atoms with E-state index >= 15 is 0 Å². The van der Waals surface area contributed by atoms with Crippen LogP contribution in [0.25, 0.3) is 11.3 Å². The average Bonchev–Trinajstić information content (AvgIpc) is 3.33. The van der Waals surface area contributed by atoms with E-state index in [1.54, 1.807) is 30.5 Å². The second-order valence-corrected chi connectivity index (χ2v) is 8.00. The van der Waals surface area contributed by atoms with Crippen molar-refractivity contribution in [3.63, 3.8) is 0 Å². The SMILES string of the molecule is COc1ccc(C)cc1CNC(=O)C1CCN(C(=O)c2cc(-c3ccncc3)[nH]n2)CC1. The summed E-state index contributed by atoms with van der Waals surface area (Å²) < 4.78 is 5.38. The predicted octanol–water partition coefficient (Wildman–Crippen LogP) is 2.96. The number of H-pyrrole nitrogens is 1. The molecule has 1 fully saturated rings. The van der Waals surface area contributed by atoms with Crippen molar-refractivity contribution in [1.82, 2.24) is 25.4 Å². The fourth-order valence-corrected chi connectivity index (χ4v) is 3.99. The number of carbonyl (C=O) groups excluding carboxylic acids is 2. The Labute approximate surface area is 187 Å². The van der Waals surface area contributed by atoms with E-state index in [0.29, 0.717) is 38.2 Å². The summed E-state index contributed by atoms with van der Waals surface area (Å²) >= 11 is 0. The predicted molar refractivity (Wildman–Crippen MR) is 120 cm³/mol. The summed E-state index contributed by atoms with van der Waals surface area (Å²) in [5, 5.41) is 10.1. The maximum atomic E-state index is 12.9. The van der Waals surface area contributed by atoms with Gasteiger partial charge in [0.1, 0.15) is 5.75 Å². The lowest BCUT2D eigenvalue weighted by atomic mass is 9.95. The molecular weight excluding hydrogens is 406 g/mol. The van der Waals surface area contributed by atoms with Crippen LogP contribution in [0.15, 0.2) is 48.8 Å². The number of aryl methyl sites for hydroxylation is 1. The molecule has 0 bridgehead atoms. The van der Waals surface area contributed by atoms with Gasteiger partial charge in [-0.1, -0.05) is 17.7 Å². The standard InChI is InChI=1S/C24H27N5O3/c1-16-3-4-22(32-2)19(13-16)15-26-23(30)18-7-11-29(12-8-18)24(31)21-14-20(27-28-21)17-5-9-25-10-6-17/h3-6,9-10,13-14,18H,7-8,11-12,15H2,1-2H3,(H,26,30)(H,27,28). The highest BCUT2D eigenvalue weighted by atomic mass is 16.5. The first kappa shape index (κ1) is 21.5. The summed E-state index contributed by atoms with van der Waals surface area (Å²) in [4.78, 5) is 31.3. The number of ether oxygens (including phenoxy) is 1. The van der Waals surface area contributed by atoms with Gasteiger partial charge in [0.05, 0.1) is 12.8 Å². The van der Waals surface area contributed by atoms with Crippen molar-refractivity contribution in [1.29, 1.82) is 0 Å². The summed E-state index contributed by atoms with van der Waals surface area (Å²) in [7, 11) is 1.63. The normalized spacial score (nSPS) is 14.2. The Bertz CT molecular complexity index is 1090. The highest BCUT2D eigenvalue weighted by Gasteiger charge is 2.28. The molecule has 0 radical (unpaired) electrons. The lowest BCUT2D eigenvalue weighted by molar-refractivity contribution is -0.126. The molecule has 3 heterocycles. The van der Waals surface area contributed by atoms with Gasteiger partial charge in [0.25, 0.3) is 5.91 Å². The third kappa shape index (κ3) is 4.80. The van der Waals surface area contributed by atoms with Crippen molar-refractivity contribution in [2.45, 2.75) is 26.3 Å². The monoisotopic (exact) mass is 433 g/mol. The molecule has 1 aliphatic heterocycles. The van der Waals surface area contributed by atoms with E-state index in [1.165, 1.54) is 0 Å². The van der Waals surface area contributed by atoms with Gasteiger partial charge in [-0.3, -0.25) is 19.7 Å². The molecule has 1 aromatic carbocycles. The zero-order valence-corrected chi connectivity index (χ0v) is 18.3. The number of piperidine rings is 1. The molecule has 8 nitrogen and oxygen atoms in total. The second kappa shape index (κ2) is 9.64. The molecular formula is C24H27N5O3. The largest absolute Gasteiger partial charge is 0.496 e. The van der Waals surface area contributed by atoms with Crippen LogP contribution in [0.2, 0.25) is 0 Å². The molecule has 0 saturated carbocycles. The molecule has 0 unspecified atom stereocenters. The van der Waals surface area contributed by atoms with E-state index in [0.717, 1.165) is 28.1 Å². The van der Waals surface area contributed by atoms with Crippen molar-refractivity contribution in [2.75, 3.05) is 20.2 Å². The van der Waals surface area contributed by atoms with Crippen LogP contribution in [-0.2, 0) is 11.3 Å². The number of aromatic amines is 1. The van der Waals surface area contributed by atoms with Gasteiger partial charge >= 0.3 is 0 Å². The Balaban J connectivity index is 1.30. The highest BCUT2D eigenvalue weighted by molar-refractivity contribution is 5.93. The quantitative estimate of drug-likeness (QED) is 0.623. The fourth-order valence-electron chi connectivity index (χ4n) is 3.99. The molecule has 8 heteroatoms. The molecule has 2 N–H and O–H groups in total. The molecule has 4 rings (SSSR count). The fraction of sp³-hybridized carbons (Fsp3) is 0.333. The van der Waals surface area contributed by atoms with Crippen LogP contribution >= 0.6 is 0 Å². The molecule has 1 saturated heterocycles. The van der Waals surface area contributed by atoms with Gasteiger partial charge in [-0.2, -0.15) is 5.10 Å². The molecule has 2 aromatic heterocycles. The number of hydrogen-bond donors (Lipinski definition) is 2. The molecule has 2 amide bonds. The van der Waals surface area contributed by atoms with Crippen molar-refractivity contribution < 1.29 is 14.3 Å². The topological polar surface area (TPSA) is 100 Å². The van der Waals surface area contributed by atoms with Gasteiger partial charge in [-0.05, 0) is 44.0 Å². The number of hydrogen-bond acceptors (Lipinski definition) is 5. The summed E-state index contributed by atoms with van der Waals surface area (Å²) in [5.74, 6) is 0.549. The number of amides is 2. The number of methoxy groups -OCH3 is 1. The van der Waals surface area contributed by atoms with Crippen molar-refractivity contribution in [2.24, 2.45) is 5.92 Å². The lowest BCUT2D eigenvalue weighted by Gasteiger charge is -2.31. The third-order valence-electron chi connectivity index (χ3n) is 5.83. The van der Waals surface area contributed by atoms with Crippen molar-refractivity contribution in [3.8, 4) is 17.0 Å². The zero-order chi connectivity index (χ0) is 22.5. The second-order valence-electron chi connectivity index (χ2n) is 8.00. The van der Waals surface area contributed by atoms with Crippen molar-refractivity contribution >= 4 is 11.8 Å². The van der Waals surface area contributed by atoms with E-state index in [-0.39, 0.29) is 17.7 Å². The summed E-state index contributed by atoms with van der Waals surface area (Å²) in [6, 6.07) is 11.4. The number of benzene rings is 1. The Kier molecular flexibility index (Phi) is 6.49. The van der Waals surface area contributed by atoms with Crippen LogP contribution in [0, 0.1) is 12.8 Å². The maximum Gasteiger partial charge on any atom is 0.274 e. The first-order chi connectivity index (χ1) is 15.5. The van der Waals surface area contributed by atoms with Crippen LogP contribution in [0.4, 0.5) is 0 Å². The van der Waals surface area contributed by atoms with Gasteiger partial charge in [0.2, 0.25) is 5.91 Å². The van der Waals surface area contributed by atoms with Crippen LogP contribution in [-0.4, -0.2) is 52.1 Å². The van der Waals surface area contributed by atoms with Crippen LogP contribution < -0.4 is 10.1 Å². The average molecular weight is 434 g/mol. The first-order valence-electron chi connectivity index (χ1n) is 10.7. The van der Waals surface area contributed by atoms with E-state index in [4.69, 9.17) is 4.74 Å². The minimum Gasteiger partial charge on any atom is -0.496 e.